The number of ether oxygens (including phenoxy) is 3. The number of H-pyrrole nitrogens is 1. The molecule has 1 heterocycles. The molecular weight excluding hydrogens is 518 g/mol. The minimum absolute atomic E-state index is 0.0560. The summed E-state index contributed by atoms with van der Waals surface area (Å²) in [5, 5.41) is 1.14. The first-order chi connectivity index (χ1) is 19.8. The molecule has 3 aromatic carbocycles. The zero-order valence-corrected chi connectivity index (χ0v) is 24.5. The third-order valence-corrected chi connectivity index (χ3v) is 7.03. The van der Waals surface area contributed by atoms with Crippen LogP contribution < -0.4 is 14.2 Å². The maximum atomic E-state index is 14.0. The summed E-state index contributed by atoms with van der Waals surface area (Å²) >= 11 is 0. The Morgan fingerprint density at radius 1 is 0.829 bits per heavy atom. The van der Waals surface area contributed by atoms with Crippen LogP contribution in [0.3, 0.4) is 0 Å². The number of carbonyl (C=O) groups excluding carboxylic acids is 2. The van der Waals surface area contributed by atoms with Crippen molar-refractivity contribution in [2.45, 2.75) is 26.8 Å². The molecule has 0 aliphatic rings. The van der Waals surface area contributed by atoms with Gasteiger partial charge < -0.3 is 29.0 Å². The van der Waals surface area contributed by atoms with E-state index in [1.54, 1.807) is 44.4 Å². The van der Waals surface area contributed by atoms with Gasteiger partial charge in [-0.3, -0.25) is 9.59 Å². The highest BCUT2D eigenvalue weighted by molar-refractivity contribution is 5.97. The Balaban J connectivity index is 1.61. The van der Waals surface area contributed by atoms with Gasteiger partial charge in [-0.05, 0) is 42.2 Å². The summed E-state index contributed by atoms with van der Waals surface area (Å²) in [5.41, 5.74) is 3.51. The predicted molar refractivity (Wildman–Crippen MR) is 161 cm³/mol. The third kappa shape index (κ3) is 7.39. The molecule has 0 spiro atoms. The van der Waals surface area contributed by atoms with Crippen molar-refractivity contribution in [3.8, 4) is 17.2 Å². The molecule has 4 rings (SSSR count). The van der Waals surface area contributed by atoms with E-state index in [-0.39, 0.29) is 24.3 Å². The van der Waals surface area contributed by atoms with Gasteiger partial charge >= 0.3 is 0 Å². The number of nitrogens with one attached hydrogen (secondary N) is 1. The van der Waals surface area contributed by atoms with Gasteiger partial charge in [-0.15, -0.1) is 0 Å². The lowest BCUT2D eigenvalue weighted by Crippen LogP contribution is -2.44. The molecule has 8 nitrogen and oxygen atoms in total. The van der Waals surface area contributed by atoms with Crippen molar-refractivity contribution < 1.29 is 23.8 Å². The number of hydrogen-bond donors (Lipinski definition) is 1. The molecule has 0 aliphatic carbocycles. The lowest BCUT2D eigenvalue weighted by molar-refractivity contribution is -0.132. The summed E-state index contributed by atoms with van der Waals surface area (Å²) in [6.07, 6.45) is 2.66. The van der Waals surface area contributed by atoms with Crippen molar-refractivity contribution in [2.75, 3.05) is 41.0 Å². The number of amides is 2. The maximum Gasteiger partial charge on any atom is 0.254 e. The summed E-state index contributed by atoms with van der Waals surface area (Å²) in [6.45, 7) is 5.27. The molecule has 0 fully saturated rings. The van der Waals surface area contributed by atoms with Crippen LogP contribution >= 0.6 is 0 Å². The summed E-state index contributed by atoms with van der Waals surface area (Å²) in [4.78, 5) is 34.5. The SMILES string of the molecule is COc1cc(OC)cc(C(=O)N(CC(=O)N(CCc2c[nH]c3ccccc23)Cc2ccccc2OC)CC(C)C)c1. The second-order valence-corrected chi connectivity index (χ2v) is 10.4. The molecule has 0 radical (unpaired) electrons. The second kappa shape index (κ2) is 13.7. The van der Waals surface area contributed by atoms with Crippen molar-refractivity contribution in [1.82, 2.24) is 14.8 Å². The summed E-state index contributed by atoms with van der Waals surface area (Å²) in [7, 11) is 4.71. The van der Waals surface area contributed by atoms with Gasteiger partial charge in [0.15, 0.2) is 0 Å². The van der Waals surface area contributed by atoms with Gasteiger partial charge in [0, 0.05) is 53.9 Å². The van der Waals surface area contributed by atoms with Gasteiger partial charge in [-0.25, -0.2) is 0 Å². The zero-order chi connectivity index (χ0) is 29.4. The maximum absolute atomic E-state index is 14.0. The molecule has 2 amide bonds. The first kappa shape index (κ1) is 29.5. The van der Waals surface area contributed by atoms with Gasteiger partial charge in [0.1, 0.15) is 23.8 Å². The van der Waals surface area contributed by atoms with E-state index in [2.05, 4.69) is 11.1 Å². The summed E-state index contributed by atoms with van der Waals surface area (Å²) in [6, 6.07) is 20.9. The van der Waals surface area contributed by atoms with Crippen molar-refractivity contribution >= 4 is 22.7 Å². The number of benzene rings is 3. The highest BCUT2D eigenvalue weighted by Crippen LogP contribution is 2.25. The summed E-state index contributed by atoms with van der Waals surface area (Å²) in [5.74, 6) is 1.52. The van der Waals surface area contributed by atoms with Gasteiger partial charge in [0.25, 0.3) is 5.91 Å². The van der Waals surface area contributed by atoms with Crippen LogP contribution in [0.25, 0.3) is 10.9 Å². The third-order valence-electron chi connectivity index (χ3n) is 7.03. The number of nitrogens with zero attached hydrogens (tertiary/aromatic N) is 2. The van der Waals surface area contributed by atoms with Crippen LogP contribution in [0.4, 0.5) is 0 Å². The molecule has 41 heavy (non-hydrogen) atoms. The minimum atomic E-state index is -0.252. The molecule has 8 heteroatoms. The smallest absolute Gasteiger partial charge is 0.254 e. The second-order valence-electron chi connectivity index (χ2n) is 10.4. The number of rotatable bonds is 13. The highest BCUT2D eigenvalue weighted by atomic mass is 16.5. The van der Waals surface area contributed by atoms with Crippen LogP contribution in [0.15, 0.2) is 72.9 Å². The number of aromatic nitrogens is 1. The number of fused-ring (bicyclic) bond motifs is 1. The number of aromatic amines is 1. The van der Waals surface area contributed by atoms with Gasteiger partial charge in [-0.1, -0.05) is 50.2 Å². The predicted octanol–water partition coefficient (Wildman–Crippen LogP) is 5.56. The quantitative estimate of drug-likeness (QED) is 0.233. The van der Waals surface area contributed by atoms with Crippen LogP contribution in [0.1, 0.15) is 35.3 Å². The van der Waals surface area contributed by atoms with E-state index < -0.39 is 0 Å². The largest absolute Gasteiger partial charge is 0.497 e. The fraction of sp³-hybridized carbons (Fsp3) is 0.333. The van der Waals surface area contributed by atoms with Crippen LogP contribution in [-0.4, -0.2) is 67.6 Å². The van der Waals surface area contributed by atoms with E-state index in [4.69, 9.17) is 14.2 Å². The van der Waals surface area contributed by atoms with Gasteiger partial charge in [-0.2, -0.15) is 0 Å². The van der Waals surface area contributed by atoms with E-state index in [1.807, 2.05) is 67.4 Å². The van der Waals surface area contributed by atoms with Gasteiger partial charge in [0.05, 0.1) is 21.3 Å². The fourth-order valence-electron chi connectivity index (χ4n) is 4.96. The first-order valence-electron chi connectivity index (χ1n) is 13.8. The van der Waals surface area contributed by atoms with Crippen LogP contribution in [0.2, 0.25) is 0 Å². The van der Waals surface area contributed by atoms with Gasteiger partial charge in [0.2, 0.25) is 5.91 Å². The minimum Gasteiger partial charge on any atom is -0.497 e. The van der Waals surface area contributed by atoms with E-state index in [0.29, 0.717) is 43.1 Å². The fourth-order valence-corrected chi connectivity index (χ4v) is 4.96. The molecule has 0 saturated heterocycles. The Morgan fingerprint density at radius 2 is 1.51 bits per heavy atom. The van der Waals surface area contributed by atoms with Crippen LogP contribution in [0.5, 0.6) is 17.2 Å². The summed E-state index contributed by atoms with van der Waals surface area (Å²) < 4.78 is 16.3. The Kier molecular flexibility index (Phi) is 9.90. The average molecular weight is 558 g/mol. The Bertz CT molecular complexity index is 1460. The molecule has 0 aliphatic heterocycles. The van der Waals surface area contributed by atoms with Crippen molar-refractivity contribution in [1.29, 1.82) is 0 Å². The molecular formula is C33H39N3O5. The lowest BCUT2D eigenvalue weighted by Gasteiger charge is -2.29. The Morgan fingerprint density at radius 3 is 2.20 bits per heavy atom. The van der Waals surface area contributed by atoms with E-state index in [1.165, 1.54) is 0 Å². The number of methoxy groups -OCH3 is 3. The molecule has 0 bridgehead atoms. The number of hydrogen-bond acceptors (Lipinski definition) is 5. The molecule has 0 atom stereocenters. The van der Waals surface area contributed by atoms with E-state index in [9.17, 15) is 9.59 Å². The van der Waals surface area contributed by atoms with E-state index >= 15 is 0 Å². The molecule has 1 N–H and O–H groups in total. The topological polar surface area (TPSA) is 84.1 Å². The van der Waals surface area contributed by atoms with E-state index in [0.717, 1.165) is 27.8 Å². The first-order valence-corrected chi connectivity index (χ1v) is 13.8. The Labute approximate surface area is 241 Å². The highest BCUT2D eigenvalue weighted by Gasteiger charge is 2.25. The standard InChI is InChI=1S/C33H39N3O5/c1-23(2)20-36(33(38)26-16-27(39-3)18-28(17-26)40-4)22-32(37)35(21-25-10-6-9-13-31(25)41-5)15-14-24-19-34-30-12-8-7-11-29(24)30/h6-13,16-19,23,34H,14-15,20-22H2,1-5H3. The lowest BCUT2D eigenvalue weighted by atomic mass is 10.1. The monoisotopic (exact) mass is 557 g/mol. The molecule has 1 aromatic heterocycles. The van der Waals surface area contributed by atoms with Crippen LogP contribution in [0, 0.1) is 5.92 Å². The molecule has 216 valence electrons. The van der Waals surface area contributed by atoms with Crippen molar-refractivity contribution in [2.24, 2.45) is 5.92 Å². The molecule has 4 aromatic rings. The number of carbonyl (C=O) groups is 2. The Hall–Kier alpha value is -4.46. The molecule has 0 unspecified atom stereocenters. The van der Waals surface area contributed by atoms with Crippen LogP contribution in [-0.2, 0) is 17.8 Å². The zero-order valence-electron chi connectivity index (χ0n) is 24.5. The normalized spacial score (nSPS) is 11.0. The molecule has 0 saturated carbocycles. The average Bonchev–Trinajstić information content (AvgIpc) is 3.41. The number of para-hydroxylation sites is 2. The van der Waals surface area contributed by atoms with Crippen molar-refractivity contribution in [3.05, 3.63) is 89.6 Å². The van der Waals surface area contributed by atoms with Crippen molar-refractivity contribution in [3.63, 3.8) is 0 Å².